The maximum atomic E-state index is 13.3. The molecule has 0 bridgehead atoms. The van der Waals surface area contributed by atoms with Crippen molar-refractivity contribution in [2.75, 3.05) is 13.1 Å². The van der Waals surface area contributed by atoms with Crippen molar-refractivity contribution >= 4 is 11.9 Å². The number of amides is 1. The summed E-state index contributed by atoms with van der Waals surface area (Å²) in [5.74, 6) is -1.66. The van der Waals surface area contributed by atoms with Gasteiger partial charge in [-0.1, -0.05) is 6.07 Å². The van der Waals surface area contributed by atoms with Crippen molar-refractivity contribution < 1.29 is 19.1 Å². The van der Waals surface area contributed by atoms with Crippen molar-refractivity contribution in [2.45, 2.75) is 26.7 Å². The van der Waals surface area contributed by atoms with E-state index < -0.39 is 17.2 Å². The molecule has 0 radical (unpaired) electrons. The van der Waals surface area contributed by atoms with E-state index in [0.29, 0.717) is 30.5 Å². The average molecular weight is 279 g/mol. The molecule has 1 aliphatic rings. The second-order valence-electron chi connectivity index (χ2n) is 5.66. The van der Waals surface area contributed by atoms with E-state index in [1.807, 2.05) is 0 Å². The number of halogens is 1. The zero-order chi connectivity index (χ0) is 14.9. The first-order chi connectivity index (χ1) is 9.33. The summed E-state index contributed by atoms with van der Waals surface area (Å²) in [4.78, 5) is 25.3. The largest absolute Gasteiger partial charge is 0.481 e. The maximum Gasteiger partial charge on any atom is 0.311 e. The van der Waals surface area contributed by atoms with Gasteiger partial charge in [0.2, 0.25) is 0 Å². The second-order valence-corrected chi connectivity index (χ2v) is 5.66. The van der Waals surface area contributed by atoms with Gasteiger partial charge in [0.05, 0.1) is 5.41 Å². The van der Waals surface area contributed by atoms with Gasteiger partial charge in [0, 0.05) is 18.7 Å². The second kappa shape index (κ2) is 5.23. The highest BCUT2D eigenvalue weighted by Crippen LogP contribution is 2.30. The van der Waals surface area contributed by atoms with Gasteiger partial charge in [0.15, 0.2) is 0 Å². The van der Waals surface area contributed by atoms with Gasteiger partial charge >= 0.3 is 5.97 Å². The molecule has 1 N–H and O–H groups in total. The van der Waals surface area contributed by atoms with Gasteiger partial charge in [0.1, 0.15) is 5.82 Å². The highest BCUT2D eigenvalue weighted by atomic mass is 19.1. The molecule has 5 heteroatoms. The summed E-state index contributed by atoms with van der Waals surface area (Å²) < 4.78 is 13.3. The average Bonchev–Trinajstić information content (AvgIpc) is 2.40. The predicted molar refractivity (Wildman–Crippen MR) is 72.0 cm³/mol. The quantitative estimate of drug-likeness (QED) is 0.904. The highest BCUT2D eigenvalue weighted by molar-refractivity contribution is 5.96. The van der Waals surface area contributed by atoms with Crippen LogP contribution in [0.25, 0.3) is 0 Å². The van der Waals surface area contributed by atoms with Crippen LogP contribution in [0.5, 0.6) is 0 Å². The first kappa shape index (κ1) is 14.5. The van der Waals surface area contributed by atoms with Crippen LogP contribution in [0, 0.1) is 18.2 Å². The van der Waals surface area contributed by atoms with E-state index in [1.54, 1.807) is 19.9 Å². The molecule has 2 rings (SSSR count). The van der Waals surface area contributed by atoms with Gasteiger partial charge in [-0.25, -0.2) is 4.39 Å². The Morgan fingerprint density at radius 2 is 2.10 bits per heavy atom. The van der Waals surface area contributed by atoms with Crippen LogP contribution in [0.15, 0.2) is 18.2 Å². The first-order valence-electron chi connectivity index (χ1n) is 6.62. The van der Waals surface area contributed by atoms with E-state index >= 15 is 0 Å². The Labute approximate surface area is 117 Å². The van der Waals surface area contributed by atoms with Crippen LogP contribution >= 0.6 is 0 Å². The number of likely N-dealkylation sites (tertiary alicyclic amines) is 1. The summed E-state index contributed by atoms with van der Waals surface area (Å²) in [5, 5.41) is 9.27. The van der Waals surface area contributed by atoms with Crippen molar-refractivity contribution in [3.05, 3.63) is 35.1 Å². The van der Waals surface area contributed by atoms with Gasteiger partial charge in [-0.05, 0) is 44.4 Å². The molecule has 1 aromatic carbocycles. The summed E-state index contributed by atoms with van der Waals surface area (Å²) >= 11 is 0. The molecule has 1 atom stereocenters. The Balaban J connectivity index is 2.25. The molecule has 0 aliphatic carbocycles. The molecule has 1 unspecified atom stereocenters. The number of piperidine rings is 1. The SMILES string of the molecule is Cc1ccc(F)cc1C(=O)N1CCCC(C)(C(=O)O)C1. The van der Waals surface area contributed by atoms with Crippen molar-refractivity contribution in [1.29, 1.82) is 0 Å². The lowest BCUT2D eigenvalue weighted by Gasteiger charge is -2.37. The number of carboxylic acid groups (broad SMARTS) is 1. The van der Waals surface area contributed by atoms with E-state index in [0.717, 1.165) is 0 Å². The lowest BCUT2D eigenvalue weighted by Crippen LogP contribution is -2.48. The molecular formula is C15H18FNO3. The number of aliphatic carboxylic acids is 1. The van der Waals surface area contributed by atoms with Crippen molar-refractivity contribution in [2.24, 2.45) is 5.41 Å². The zero-order valence-electron chi connectivity index (χ0n) is 11.6. The summed E-state index contributed by atoms with van der Waals surface area (Å²) in [5.41, 5.74) is 0.0773. The van der Waals surface area contributed by atoms with Crippen LogP contribution < -0.4 is 0 Å². The van der Waals surface area contributed by atoms with Crippen LogP contribution in [0.3, 0.4) is 0 Å². The minimum atomic E-state index is -0.921. The monoisotopic (exact) mass is 279 g/mol. The van der Waals surface area contributed by atoms with Gasteiger partial charge in [-0.3, -0.25) is 9.59 Å². The lowest BCUT2D eigenvalue weighted by molar-refractivity contribution is -0.150. The van der Waals surface area contributed by atoms with Crippen LogP contribution in [0.2, 0.25) is 0 Å². The number of aryl methyl sites for hydroxylation is 1. The lowest BCUT2D eigenvalue weighted by atomic mass is 9.82. The van der Waals surface area contributed by atoms with Gasteiger partial charge in [-0.15, -0.1) is 0 Å². The van der Waals surface area contributed by atoms with Crippen molar-refractivity contribution in [1.82, 2.24) is 4.90 Å². The number of hydrogen-bond donors (Lipinski definition) is 1. The molecule has 108 valence electrons. The maximum absolute atomic E-state index is 13.3. The Kier molecular flexibility index (Phi) is 3.79. The fourth-order valence-electron chi connectivity index (χ4n) is 2.58. The van der Waals surface area contributed by atoms with Crippen LogP contribution in [-0.4, -0.2) is 35.0 Å². The number of nitrogens with zero attached hydrogens (tertiary/aromatic N) is 1. The minimum absolute atomic E-state index is 0.164. The molecule has 4 nitrogen and oxygen atoms in total. The van der Waals surface area contributed by atoms with Crippen LogP contribution in [-0.2, 0) is 4.79 Å². The third-order valence-corrected chi connectivity index (χ3v) is 3.93. The number of rotatable bonds is 2. The number of carbonyl (C=O) groups is 2. The number of hydrogen-bond acceptors (Lipinski definition) is 2. The van der Waals surface area contributed by atoms with E-state index in [-0.39, 0.29) is 12.5 Å². The normalized spacial score (nSPS) is 22.6. The molecule has 1 heterocycles. The molecule has 0 aromatic heterocycles. The highest BCUT2D eigenvalue weighted by Gasteiger charge is 2.39. The third-order valence-electron chi connectivity index (χ3n) is 3.93. The molecule has 1 fully saturated rings. The van der Waals surface area contributed by atoms with E-state index in [4.69, 9.17) is 0 Å². The molecule has 1 aliphatic heterocycles. The van der Waals surface area contributed by atoms with Gasteiger partial charge in [-0.2, -0.15) is 0 Å². The van der Waals surface area contributed by atoms with Crippen molar-refractivity contribution in [3.63, 3.8) is 0 Å². The predicted octanol–water partition coefficient (Wildman–Crippen LogP) is 2.46. The van der Waals surface area contributed by atoms with E-state index in [1.165, 1.54) is 17.0 Å². The minimum Gasteiger partial charge on any atom is -0.481 e. The standard InChI is InChI=1S/C15H18FNO3/c1-10-4-5-11(16)8-12(10)13(18)17-7-3-6-15(2,9-17)14(19)20/h4-5,8H,3,6-7,9H2,1-2H3,(H,19,20). The van der Waals surface area contributed by atoms with Gasteiger partial charge in [0.25, 0.3) is 5.91 Å². The van der Waals surface area contributed by atoms with Crippen LogP contribution in [0.4, 0.5) is 4.39 Å². The molecule has 1 aromatic rings. The molecule has 1 amide bonds. The Morgan fingerprint density at radius 3 is 2.75 bits per heavy atom. The molecular weight excluding hydrogens is 261 g/mol. The van der Waals surface area contributed by atoms with E-state index in [2.05, 4.69) is 0 Å². The number of benzene rings is 1. The molecule has 0 saturated carbocycles. The first-order valence-corrected chi connectivity index (χ1v) is 6.62. The van der Waals surface area contributed by atoms with Gasteiger partial charge < -0.3 is 10.0 Å². The topological polar surface area (TPSA) is 57.6 Å². The van der Waals surface area contributed by atoms with Crippen molar-refractivity contribution in [3.8, 4) is 0 Å². The van der Waals surface area contributed by atoms with Crippen LogP contribution in [0.1, 0.15) is 35.7 Å². The summed E-state index contributed by atoms with van der Waals surface area (Å²) in [6.07, 6.45) is 1.19. The Morgan fingerprint density at radius 1 is 1.40 bits per heavy atom. The molecule has 20 heavy (non-hydrogen) atoms. The smallest absolute Gasteiger partial charge is 0.311 e. The fourth-order valence-corrected chi connectivity index (χ4v) is 2.58. The fraction of sp³-hybridized carbons (Fsp3) is 0.467. The summed E-state index contributed by atoms with van der Waals surface area (Å²) in [6, 6.07) is 4.08. The molecule has 1 saturated heterocycles. The molecule has 0 spiro atoms. The summed E-state index contributed by atoms with van der Waals surface area (Å²) in [6.45, 7) is 4.06. The Hall–Kier alpha value is -1.91. The summed E-state index contributed by atoms with van der Waals surface area (Å²) in [7, 11) is 0. The Bertz CT molecular complexity index is 558. The van der Waals surface area contributed by atoms with E-state index in [9.17, 15) is 19.1 Å². The third kappa shape index (κ3) is 2.66. The zero-order valence-corrected chi connectivity index (χ0v) is 11.6. The number of carbonyl (C=O) groups excluding carboxylic acids is 1. The number of carboxylic acids is 1.